The molecule has 0 spiro atoms. The number of carbonyl (C=O) groups excluding carboxylic acids is 1. The van der Waals surface area contributed by atoms with Gasteiger partial charge in [-0.2, -0.15) is 0 Å². The normalized spacial score (nSPS) is 35.4. The van der Waals surface area contributed by atoms with Gasteiger partial charge < -0.3 is 14.2 Å². The molecule has 27 heavy (non-hydrogen) atoms. The quantitative estimate of drug-likeness (QED) is 0.427. The number of ether oxygens (including phenoxy) is 3. The Morgan fingerprint density at radius 2 is 2.15 bits per heavy atom. The van der Waals surface area contributed by atoms with Gasteiger partial charge in [-0.3, -0.25) is 4.79 Å². The van der Waals surface area contributed by atoms with Gasteiger partial charge in [0.25, 0.3) is 0 Å². The lowest BCUT2D eigenvalue weighted by atomic mass is 9.80. The van der Waals surface area contributed by atoms with Crippen LogP contribution in [0.5, 0.6) is 0 Å². The van der Waals surface area contributed by atoms with Crippen molar-refractivity contribution in [1.82, 2.24) is 0 Å². The van der Waals surface area contributed by atoms with Crippen molar-refractivity contribution in [2.24, 2.45) is 23.2 Å². The molecule has 1 aliphatic carbocycles. The molecule has 0 aromatic heterocycles. The number of rotatable bonds is 8. The molecule has 0 N–H and O–H groups in total. The molecular weight excluding hydrogens is 340 g/mol. The van der Waals surface area contributed by atoms with E-state index in [0.29, 0.717) is 24.2 Å². The minimum absolute atomic E-state index is 0.0259. The number of carbonyl (C=O) groups is 1. The smallest absolute Gasteiger partial charge is 0.306 e. The molecule has 0 radical (unpaired) electrons. The number of hydrogen-bond acceptors (Lipinski definition) is 4. The van der Waals surface area contributed by atoms with E-state index in [1.54, 1.807) is 0 Å². The molecule has 3 rings (SSSR count). The summed E-state index contributed by atoms with van der Waals surface area (Å²) in [6, 6.07) is 0. The number of unbranched alkanes of at least 4 members (excludes halogenated alkanes) is 1. The van der Waals surface area contributed by atoms with Crippen LogP contribution in [0.2, 0.25) is 0 Å². The van der Waals surface area contributed by atoms with Crippen LogP contribution in [0.1, 0.15) is 79.1 Å². The molecule has 4 heteroatoms. The molecule has 2 aliphatic heterocycles. The van der Waals surface area contributed by atoms with Crippen molar-refractivity contribution < 1.29 is 19.0 Å². The van der Waals surface area contributed by atoms with Crippen LogP contribution in [0.25, 0.3) is 0 Å². The fraction of sp³-hybridized carbons (Fsp3) is 0.870. The summed E-state index contributed by atoms with van der Waals surface area (Å²) >= 11 is 0. The Hall–Kier alpha value is -0.870. The molecule has 2 heterocycles. The molecule has 6 atom stereocenters. The van der Waals surface area contributed by atoms with Crippen molar-refractivity contribution in [1.29, 1.82) is 0 Å². The maximum absolute atomic E-state index is 11.7. The second-order valence-electron chi connectivity index (χ2n) is 9.52. The third-order valence-electron chi connectivity index (χ3n) is 6.81. The van der Waals surface area contributed by atoms with E-state index < -0.39 is 0 Å². The first-order chi connectivity index (χ1) is 12.9. The minimum Gasteiger partial charge on any atom is -0.462 e. The van der Waals surface area contributed by atoms with E-state index in [9.17, 15) is 4.79 Å². The fourth-order valence-corrected chi connectivity index (χ4v) is 4.99. The summed E-state index contributed by atoms with van der Waals surface area (Å²) in [4.78, 5) is 11.7. The molecule has 1 unspecified atom stereocenters. The van der Waals surface area contributed by atoms with Crippen LogP contribution in [0.15, 0.2) is 12.2 Å². The zero-order valence-electron chi connectivity index (χ0n) is 17.6. The molecule has 0 amide bonds. The molecule has 4 nitrogen and oxygen atoms in total. The van der Waals surface area contributed by atoms with Gasteiger partial charge in [-0.05, 0) is 49.4 Å². The van der Waals surface area contributed by atoms with Gasteiger partial charge in [-0.1, -0.05) is 52.7 Å². The lowest BCUT2D eigenvalue weighted by Gasteiger charge is -2.36. The topological polar surface area (TPSA) is 44.8 Å². The maximum Gasteiger partial charge on any atom is 0.306 e. The van der Waals surface area contributed by atoms with Crippen LogP contribution >= 0.6 is 0 Å². The molecule has 3 aliphatic rings. The van der Waals surface area contributed by atoms with Gasteiger partial charge in [-0.25, -0.2) is 0 Å². The third-order valence-corrected chi connectivity index (χ3v) is 6.81. The van der Waals surface area contributed by atoms with Gasteiger partial charge in [0.1, 0.15) is 6.10 Å². The Balaban J connectivity index is 1.71. The number of allylic oxidation sites excluding steroid dienone is 1. The third kappa shape index (κ3) is 5.14. The highest BCUT2D eigenvalue weighted by Crippen LogP contribution is 2.45. The second-order valence-corrected chi connectivity index (χ2v) is 9.52. The molecule has 0 bridgehead atoms. The average molecular weight is 379 g/mol. The van der Waals surface area contributed by atoms with Crippen LogP contribution < -0.4 is 0 Å². The lowest BCUT2D eigenvalue weighted by molar-refractivity contribution is -0.197. The first-order valence-electron chi connectivity index (χ1n) is 11.1. The number of fused-ring (bicyclic) bond motifs is 1. The molecule has 0 aromatic rings. The predicted molar refractivity (Wildman–Crippen MR) is 106 cm³/mol. The van der Waals surface area contributed by atoms with Crippen molar-refractivity contribution in [3.63, 3.8) is 0 Å². The minimum atomic E-state index is -0.0838. The van der Waals surface area contributed by atoms with Gasteiger partial charge >= 0.3 is 5.97 Å². The average Bonchev–Trinajstić information content (AvgIpc) is 3.12. The van der Waals surface area contributed by atoms with E-state index in [0.717, 1.165) is 32.3 Å². The van der Waals surface area contributed by atoms with Crippen molar-refractivity contribution >= 4 is 5.97 Å². The predicted octanol–water partition coefficient (Wildman–Crippen LogP) is 5.26. The Morgan fingerprint density at radius 3 is 2.85 bits per heavy atom. The largest absolute Gasteiger partial charge is 0.462 e. The van der Waals surface area contributed by atoms with E-state index in [1.807, 2.05) is 0 Å². The first-order valence-corrected chi connectivity index (χ1v) is 11.1. The summed E-state index contributed by atoms with van der Waals surface area (Å²) in [7, 11) is 0. The van der Waals surface area contributed by atoms with E-state index >= 15 is 0 Å². The number of esters is 1. The van der Waals surface area contributed by atoms with Gasteiger partial charge in [-0.15, -0.1) is 0 Å². The Labute approximate surface area is 165 Å². The Morgan fingerprint density at radius 1 is 1.33 bits per heavy atom. The zero-order chi connectivity index (χ0) is 19.4. The number of hydrogen-bond donors (Lipinski definition) is 0. The van der Waals surface area contributed by atoms with Crippen LogP contribution in [-0.4, -0.2) is 31.1 Å². The summed E-state index contributed by atoms with van der Waals surface area (Å²) < 4.78 is 17.8. The molecule has 3 fully saturated rings. The first kappa shape index (κ1) is 20.9. The summed E-state index contributed by atoms with van der Waals surface area (Å²) in [5, 5.41) is 0. The summed E-state index contributed by atoms with van der Waals surface area (Å²) in [6.07, 6.45) is 13.1. The van der Waals surface area contributed by atoms with Crippen molar-refractivity contribution in [3.8, 4) is 0 Å². The highest BCUT2D eigenvalue weighted by atomic mass is 16.7. The summed E-state index contributed by atoms with van der Waals surface area (Å²) in [5.41, 5.74) is 0.0660. The van der Waals surface area contributed by atoms with Crippen molar-refractivity contribution in [3.05, 3.63) is 12.2 Å². The second kappa shape index (κ2) is 9.09. The van der Waals surface area contributed by atoms with E-state index in [4.69, 9.17) is 14.2 Å². The highest BCUT2D eigenvalue weighted by molar-refractivity contribution is 5.72. The Bertz CT molecular complexity index is 520. The van der Waals surface area contributed by atoms with Gasteiger partial charge in [0.2, 0.25) is 0 Å². The van der Waals surface area contributed by atoms with E-state index in [-0.39, 0.29) is 29.9 Å². The zero-order valence-corrected chi connectivity index (χ0v) is 17.6. The molecule has 154 valence electrons. The van der Waals surface area contributed by atoms with Crippen molar-refractivity contribution in [2.75, 3.05) is 6.61 Å². The Kier molecular flexibility index (Phi) is 7.02. The van der Waals surface area contributed by atoms with E-state index in [1.165, 1.54) is 19.3 Å². The van der Waals surface area contributed by atoms with Gasteiger partial charge in [0, 0.05) is 12.5 Å². The van der Waals surface area contributed by atoms with E-state index in [2.05, 4.69) is 39.8 Å². The van der Waals surface area contributed by atoms with Crippen LogP contribution in [0, 0.1) is 23.2 Å². The standard InChI is InChI=1S/C23H38O4/c1-5-6-12-23(3,4)20(27-22-9-7-8-13-25-22)11-10-17-16(2)14-19-18(17)15-21(24)26-19/h10-11,16-20,22H,5-9,12-15H2,1-4H3/b11-10+/t16-,17+,18-,19+,20-,22?/m1/s1. The molecule has 2 saturated heterocycles. The SMILES string of the molecule is CCCCC(C)(C)[C@@H](/C=C/[C@@H]1[C@H]2CC(=O)O[C@H]2C[C@H]1C)OC1CCCCO1. The van der Waals surface area contributed by atoms with Crippen LogP contribution in [-0.2, 0) is 19.0 Å². The highest BCUT2D eigenvalue weighted by Gasteiger charge is 2.47. The summed E-state index contributed by atoms with van der Waals surface area (Å²) in [5.74, 6) is 1.27. The molecule has 0 aromatic carbocycles. The van der Waals surface area contributed by atoms with Crippen molar-refractivity contribution in [2.45, 2.75) is 97.6 Å². The monoisotopic (exact) mass is 378 g/mol. The maximum atomic E-state index is 11.7. The summed E-state index contributed by atoms with van der Waals surface area (Å²) in [6.45, 7) is 9.94. The molecule has 1 saturated carbocycles. The van der Waals surface area contributed by atoms with Gasteiger partial charge in [0.05, 0.1) is 12.5 Å². The molecular formula is C23H38O4. The van der Waals surface area contributed by atoms with Gasteiger partial charge in [0.15, 0.2) is 6.29 Å². The van der Waals surface area contributed by atoms with Crippen LogP contribution in [0.3, 0.4) is 0 Å². The lowest BCUT2D eigenvalue weighted by Crippen LogP contribution is -2.36. The van der Waals surface area contributed by atoms with Crippen LogP contribution in [0.4, 0.5) is 0 Å². The fourth-order valence-electron chi connectivity index (χ4n) is 4.99.